The Morgan fingerprint density at radius 3 is 2.31 bits per heavy atom. The van der Waals surface area contributed by atoms with Gasteiger partial charge in [0.15, 0.2) is 5.82 Å². The van der Waals surface area contributed by atoms with E-state index >= 15 is 0 Å². The minimum absolute atomic E-state index is 0.636. The van der Waals surface area contributed by atoms with E-state index in [1.807, 2.05) is 0 Å². The molecular formula is C8H3ClF5NO. The van der Waals surface area contributed by atoms with Gasteiger partial charge in [-0.1, -0.05) is 11.6 Å². The van der Waals surface area contributed by atoms with Gasteiger partial charge in [-0.05, 0) is 12.1 Å². The summed E-state index contributed by atoms with van der Waals surface area (Å²) in [5.74, 6) is -4.96. The number of carbonyl (C=O) groups is 1. The topological polar surface area (TPSA) is 29.1 Å². The lowest BCUT2D eigenvalue weighted by molar-refractivity contribution is -0.167. The third-order valence-electron chi connectivity index (χ3n) is 1.54. The zero-order valence-electron chi connectivity index (χ0n) is 7.33. The molecule has 1 N–H and O–H groups in total. The minimum Gasteiger partial charge on any atom is -0.316 e. The van der Waals surface area contributed by atoms with Gasteiger partial charge >= 0.3 is 12.1 Å². The number of benzene rings is 1. The predicted octanol–water partition coefficient (Wildman–Crippen LogP) is 3.12. The quantitative estimate of drug-likeness (QED) is 0.609. The van der Waals surface area contributed by atoms with E-state index in [0.29, 0.717) is 12.1 Å². The monoisotopic (exact) mass is 259 g/mol. The first-order valence-electron chi connectivity index (χ1n) is 3.75. The Balaban J connectivity index is 3.00. The summed E-state index contributed by atoms with van der Waals surface area (Å²) in [7, 11) is 0. The van der Waals surface area contributed by atoms with Crippen molar-refractivity contribution in [3.8, 4) is 0 Å². The lowest BCUT2D eigenvalue weighted by Crippen LogP contribution is -2.30. The van der Waals surface area contributed by atoms with Crippen molar-refractivity contribution in [2.75, 3.05) is 5.32 Å². The van der Waals surface area contributed by atoms with Gasteiger partial charge in [-0.2, -0.15) is 13.2 Å². The van der Waals surface area contributed by atoms with Crippen molar-refractivity contribution >= 4 is 23.2 Å². The van der Waals surface area contributed by atoms with Gasteiger partial charge < -0.3 is 5.32 Å². The smallest absolute Gasteiger partial charge is 0.316 e. The first-order chi connectivity index (χ1) is 7.23. The van der Waals surface area contributed by atoms with Crippen molar-refractivity contribution in [1.82, 2.24) is 0 Å². The molecule has 1 aromatic rings. The molecule has 1 amide bonds. The van der Waals surface area contributed by atoms with Crippen LogP contribution in [0.4, 0.5) is 27.6 Å². The molecule has 0 aromatic heterocycles. The molecule has 0 heterocycles. The fraction of sp³-hybridized carbons (Fsp3) is 0.125. The fourth-order valence-corrected chi connectivity index (χ4v) is 0.980. The molecule has 2 nitrogen and oxygen atoms in total. The van der Waals surface area contributed by atoms with E-state index in [1.165, 1.54) is 5.32 Å². The van der Waals surface area contributed by atoms with Crippen LogP contribution in [-0.2, 0) is 4.79 Å². The lowest BCUT2D eigenvalue weighted by Gasteiger charge is -2.09. The number of nitrogens with one attached hydrogen (secondary N) is 1. The van der Waals surface area contributed by atoms with Crippen LogP contribution in [0.3, 0.4) is 0 Å². The molecular weight excluding hydrogens is 257 g/mol. The second kappa shape index (κ2) is 4.25. The average molecular weight is 260 g/mol. The number of carbonyl (C=O) groups excluding carboxylic acids is 1. The number of amides is 1. The van der Waals surface area contributed by atoms with Crippen molar-refractivity contribution < 1.29 is 26.7 Å². The Hall–Kier alpha value is -1.37. The molecule has 8 heteroatoms. The first kappa shape index (κ1) is 12.7. The van der Waals surface area contributed by atoms with Gasteiger partial charge in [0.05, 0.1) is 5.69 Å². The molecule has 0 bridgehead atoms. The SMILES string of the molecule is O=C(Nc1ccc(F)c(Cl)c1F)C(F)(F)F. The summed E-state index contributed by atoms with van der Waals surface area (Å²) in [4.78, 5) is 10.4. The molecule has 0 aliphatic heterocycles. The summed E-state index contributed by atoms with van der Waals surface area (Å²) in [6, 6.07) is 1.28. The predicted molar refractivity (Wildman–Crippen MR) is 46.1 cm³/mol. The Labute approximate surface area is 91.0 Å². The number of halogens is 6. The number of hydrogen-bond acceptors (Lipinski definition) is 1. The van der Waals surface area contributed by atoms with Crippen LogP contribution >= 0.6 is 11.6 Å². The molecule has 0 saturated carbocycles. The van der Waals surface area contributed by atoms with Crippen LogP contribution in [0.25, 0.3) is 0 Å². The van der Waals surface area contributed by atoms with Gasteiger partial charge in [-0.25, -0.2) is 8.78 Å². The molecule has 1 rings (SSSR count). The summed E-state index contributed by atoms with van der Waals surface area (Å²) in [6.07, 6.45) is -5.16. The van der Waals surface area contributed by atoms with E-state index in [1.54, 1.807) is 0 Å². The highest BCUT2D eigenvalue weighted by Gasteiger charge is 2.39. The summed E-state index contributed by atoms with van der Waals surface area (Å²) in [6.45, 7) is 0. The number of rotatable bonds is 1. The Morgan fingerprint density at radius 1 is 1.25 bits per heavy atom. The van der Waals surface area contributed by atoms with Gasteiger partial charge in [0.2, 0.25) is 0 Å². The standard InChI is InChI=1S/C8H3ClF5NO/c9-5-3(10)1-2-4(6(5)11)15-7(16)8(12,13)14/h1-2H,(H,15,16). The molecule has 0 spiro atoms. The molecule has 0 radical (unpaired) electrons. The van der Waals surface area contributed by atoms with Crippen molar-refractivity contribution in [1.29, 1.82) is 0 Å². The van der Waals surface area contributed by atoms with Crippen LogP contribution in [0.2, 0.25) is 5.02 Å². The van der Waals surface area contributed by atoms with Gasteiger partial charge in [0.1, 0.15) is 10.8 Å². The van der Waals surface area contributed by atoms with E-state index in [9.17, 15) is 26.7 Å². The molecule has 88 valence electrons. The van der Waals surface area contributed by atoms with Gasteiger partial charge in [-0.3, -0.25) is 4.79 Å². The zero-order chi connectivity index (χ0) is 12.5. The Morgan fingerprint density at radius 2 is 1.81 bits per heavy atom. The van der Waals surface area contributed by atoms with Crippen LogP contribution in [0.1, 0.15) is 0 Å². The summed E-state index contributed by atoms with van der Waals surface area (Å²) in [5.41, 5.74) is -0.839. The third-order valence-corrected chi connectivity index (χ3v) is 1.89. The van der Waals surface area contributed by atoms with Crippen LogP contribution in [0.15, 0.2) is 12.1 Å². The summed E-state index contributed by atoms with van der Waals surface area (Å²) < 4.78 is 61.1. The van der Waals surface area contributed by atoms with Gasteiger partial charge in [0, 0.05) is 0 Å². The Bertz CT molecular complexity index is 431. The Kier molecular flexibility index (Phi) is 3.37. The highest BCUT2D eigenvalue weighted by molar-refractivity contribution is 6.31. The normalized spacial score (nSPS) is 11.4. The molecule has 16 heavy (non-hydrogen) atoms. The van der Waals surface area contributed by atoms with Crippen molar-refractivity contribution in [2.24, 2.45) is 0 Å². The van der Waals surface area contributed by atoms with Crippen molar-refractivity contribution in [3.63, 3.8) is 0 Å². The molecule has 0 saturated heterocycles. The van der Waals surface area contributed by atoms with E-state index in [4.69, 9.17) is 11.6 Å². The summed E-state index contributed by atoms with van der Waals surface area (Å²) in [5, 5.41) is 0.242. The fourth-order valence-electron chi connectivity index (χ4n) is 0.816. The average Bonchev–Trinajstić information content (AvgIpc) is 2.17. The third kappa shape index (κ3) is 2.60. The highest BCUT2D eigenvalue weighted by Crippen LogP contribution is 2.26. The first-order valence-corrected chi connectivity index (χ1v) is 4.13. The lowest BCUT2D eigenvalue weighted by atomic mass is 10.3. The second-order valence-electron chi connectivity index (χ2n) is 2.67. The van der Waals surface area contributed by atoms with Crippen molar-refractivity contribution in [3.05, 3.63) is 28.8 Å². The molecule has 0 atom stereocenters. The second-order valence-corrected chi connectivity index (χ2v) is 3.05. The van der Waals surface area contributed by atoms with E-state index < -0.39 is 34.4 Å². The molecule has 0 fully saturated rings. The van der Waals surface area contributed by atoms with Crippen LogP contribution < -0.4 is 5.32 Å². The molecule has 1 aromatic carbocycles. The molecule has 0 aliphatic carbocycles. The molecule has 0 unspecified atom stereocenters. The maximum atomic E-state index is 13.1. The highest BCUT2D eigenvalue weighted by atomic mass is 35.5. The van der Waals surface area contributed by atoms with E-state index in [2.05, 4.69) is 0 Å². The summed E-state index contributed by atoms with van der Waals surface area (Å²) >= 11 is 5.10. The minimum atomic E-state index is -5.16. The van der Waals surface area contributed by atoms with Crippen LogP contribution in [0.5, 0.6) is 0 Å². The van der Waals surface area contributed by atoms with E-state index in [-0.39, 0.29) is 0 Å². The molecule has 0 aliphatic rings. The van der Waals surface area contributed by atoms with Gasteiger partial charge in [-0.15, -0.1) is 0 Å². The van der Waals surface area contributed by atoms with Gasteiger partial charge in [0.25, 0.3) is 0 Å². The number of hydrogen-bond donors (Lipinski definition) is 1. The largest absolute Gasteiger partial charge is 0.471 e. The maximum Gasteiger partial charge on any atom is 0.471 e. The maximum absolute atomic E-state index is 13.1. The van der Waals surface area contributed by atoms with Crippen LogP contribution in [0, 0.1) is 11.6 Å². The van der Waals surface area contributed by atoms with Crippen LogP contribution in [-0.4, -0.2) is 12.1 Å². The zero-order valence-corrected chi connectivity index (χ0v) is 8.09. The number of anilines is 1. The van der Waals surface area contributed by atoms with E-state index in [0.717, 1.165) is 0 Å². The number of alkyl halides is 3. The van der Waals surface area contributed by atoms with Crippen molar-refractivity contribution in [2.45, 2.75) is 6.18 Å².